The van der Waals surface area contributed by atoms with Gasteiger partial charge in [-0.05, 0) is 61.9 Å². The maximum absolute atomic E-state index is 13.4. The molecule has 10 N–H and O–H groups in total. The van der Waals surface area contributed by atoms with Gasteiger partial charge in [0.1, 0.15) is 23.9 Å². The molecular weight excluding hydrogens is 546 g/mol. The van der Waals surface area contributed by atoms with E-state index in [-0.39, 0.29) is 31.4 Å². The summed E-state index contributed by atoms with van der Waals surface area (Å²) in [6.45, 7) is 0.370. The lowest BCUT2D eigenvalue weighted by molar-refractivity contribution is -0.143. The van der Waals surface area contributed by atoms with E-state index in [9.17, 15) is 34.2 Å². The number of hydrogen-bond acceptors (Lipinski definition) is 8. The van der Waals surface area contributed by atoms with Crippen molar-refractivity contribution in [2.45, 2.75) is 69.1 Å². The molecule has 2 aromatic rings. The molecule has 0 aliphatic carbocycles. The first-order valence-electron chi connectivity index (χ1n) is 13.6. The van der Waals surface area contributed by atoms with E-state index in [1.807, 2.05) is 0 Å². The highest BCUT2D eigenvalue weighted by Gasteiger charge is 2.30. The largest absolute Gasteiger partial charge is 0.508 e. The maximum atomic E-state index is 13.4. The number of carboxylic acid groups (broad SMARTS) is 2. The third-order valence-corrected chi connectivity index (χ3v) is 6.49. The number of carbonyl (C=O) groups is 5. The quantitative estimate of drug-likeness (QED) is 0.109. The number of nitrogens with one attached hydrogen (secondary N) is 3. The van der Waals surface area contributed by atoms with Crippen LogP contribution >= 0.6 is 0 Å². The summed E-state index contributed by atoms with van der Waals surface area (Å²) in [5, 5.41) is 35.5. The van der Waals surface area contributed by atoms with Gasteiger partial charge in [0.15, 0.2) is 0 Å². The van der Waals surface area contributed by atoms with E-state index in [4.69, 9.17) is 16.6 Å². The number of rotatable bonds is 18. The normalized spacial score (nSPS) is 13.7. The van der Waals surface area contributed by atoms with E-state index >= 15 is 0 Å². The number of hydrogen-bond donors (Lipinski definition) is 8. The van der Waals surface area contributed by atoms with Crippen molar-refractivity contribution in [3.63, 3.8) is 0 Å². The third-order valence-electron chi connectivity index (χ3n) is 6.49. The molecule has 42 heavy (non-hydrogen) atoms. The van der Waals surface area contributed by atoms with E-state index in [1.165, 1.54) is 12.1 Å². The Morgan fingerprint density at radius 3 is 1.86 bits per heavy atom. The molecule has 2 rings (SSSR count). The minimum Gasteiger partial charge on any atom is -0.508 e. The highest BCUT2D eigenvalue weighted by atomic mass is 16.4. The van der Waals surface area contributed by atoms with Gasteiger partial charge in [-0.15, -0.1) is 0 Å². The minimum atomic E-state index is -1.48. The molecule has 4 atom stereocenters. The lowest BCUT2D eigenvalue weighted by Crippen LogP contribution is -2.57. The highest BCUT2D eigenvalue weighted by molar-refractivity contribution is 5.94. The van der Waals surface area contributed by atoms with Crippen molar-refractivity contribution in [2.24, 2.45) is 11.5 Å². The number of nitrogens with two attached hydrogens (primary N) is 2. The zero-order valence-electron chi connectivity index (χ0n) is 23.2. The molecule has 0 bridgehead atoms. The Hall–Kier alpha value is -4.49. The second kappa shape index (κ2) is 17.4. The second-order valence-corrected chi connectivity index (χ2v) is 9.91. The van der Waals surface area contributed by atoms with Gasteiger partial charge < -0.3 is 42.7 Å². The van der Waals surface area contributed by atoms with E-state index in [1.54, 1.807) is 42.5 Å². The van der Waals surface area contributed by atoms with Crippen molar-refractivity contribution in [1.82, 2.24) is 16.0 Å². The van der Waals surface area contributed by atoms with Gasteiger partial charge in [-0.3, -0.25) is 19.2 Å². The molecule has 13 nitrogen and oxygen atoms in total. The van der Waals surface area contributed by atoms with Gasteiger partial charge in [0.2, 0.25) is 17.7 Å². The predicted octanol–water partition coefficient (Wildman–Crippen LogP) is 0.0375. The van der Waals surface area contributed by atoms with Crippen LogP contribution < -0.4 is 27.4 Å². The fraction of sp³-hybridized carbons (Fsp3) is 0.414. The van der Waals surface area contributed by atoms with Crippen LogP contribution in [0.25, 0.3) is 0 Å². The van der Waals surface area contributed by atoms with Crippen LogP contribution in [0.3, 0.4) is 0 Å². The van der Waals surface area contributed by atoms with Crippen LogP contribution in [-0.4, -0.2) is 75.7 Å². The van der Waals surface area contributed by atoms with Crippen LogP contribution in [0.4, 0.5) is 0 Å². The van der Waals surface area contributed by atoms with E-state index in [0.29, 0.717) is 30.5 Å². The van der Waals surface area contributed by atoms with E-state index in [2.05, 4.69) is 16.0 Å². The van der Waals surface area contributed by atoms with Crippen molar-refractivity contribution in [3.05, 3.63) is 65.7 Å². The average molecular weight is 586 g/mol. The summed E-state index contributed by atoms with van der Waals surface area (Å²) in [6, 6.07) is 10.1. The van der Waals surface area contributed by atoms with Crippen LogP contribution in [-0.2, 0) is 36.8 Å². The fourth-order valence-corrected chi connectivity index (χ4v) is 4.15. The number of carboxylic acids is 2. The Kier molecular flexibility index (Phi) is 13.9. The lowest BCUT2D eigenvalue weighted by atomic mass is 10.0. The van der Waals surface area contributed by atoms with Gasteiger partial charge >= 0.3 is 11.9 Å². The third kappa shape index (κ3) is 11.9. The molecule has 0 aliphatic rings. The number of benzene rings is 2. The molecule has 228 valence electrons. The van der Waals surface area contributed by atoms with Crippen molar-refractivity contribution < 1.29 is 39.3 Å². The molecule has 0 aromatic heterocycles. The fourth-order valence-electron chi connectivity index (χ4n) is 4.15. The monoisotopic (exact) mass is 585 g/mol. The minimum absolute atomic E-state index is 0.00746. The second-order valence-electron chi connectivity index (χ2n) is 9.91. The van der Waals surface area contributed by atoms with Gasteiger partial charge in [0.25, 0.3) is 0 Å². The first-order chi connectivity index (χ1) is 20.0. The van der Waals surface area contributed by atoms with Crippen LogP contribution in [0.2, 0.25) is 0 Å². The smallest absolute Gasteiger partial charge is 0.326 e. The van der Waals surface area contributed by atoms with Crippen LogP contribution in [0.15, 0.2) is 54.6 Å². The molecule has 3 amide bonds. The zero-order chi connectivity index (χ0) is 31.1. The molecule has 2 aromatic carbocycles. The summed E-state index contributed by atoms with van der Waals surface area (Å²) < 4.78 is 0. The summed E-state index contributed by atoms with van der Waals surface area (Å²) in [6.07, 6.45) is 0.607. The SMILES string of the molecule is NCCCCC(NC(=O)C(N)Cc1ccc(O)cc1)C(=O)NC(Cc1ccccc1)C(=O)NC(CCC(=O)O)C(=O)O. The van der Waals surface area contributed by atoms with E-state index in [0.717, 1.165) is 0 Å². The van der Waals surface area contributed by atoms with Gasteiger partial charge in [0, 0.05) is 12.8 Å². The number of unbranched alkanes of at least 4 members (excludes halogenated alkanes) is 1. The maximum Gasteiger partial charge on any atom is 0.326 e. The number of amides is 3. The topological polar surface area (TPSA) is 234 Å². The van der Waals surface area contributed by atoms with Crippen molar-refractivity contribution in [1.29, 1.82) is 0 Å². The molecule has 0 heterocycles. The van der Waals surface area contributed by atoms with E-state index < -0.39 is 60.2 Å². The molecule has 0 spiro atoms. The van der Waals surface area contributed by atoms with Crippen LogP contribution in [0.1, 0.15) is 43.2 Å². The Balaban J connectivity index is 2.20. The predicted molar refractivity (Wildman–Crippen MR) is 153 cm³/mol. The van der Waals surface area contributed by atoms with Gasteiger partial charge in [-0.2, -0.15) is 0 Å². The number of aliphatic carboxylic acids is 2. The Morgan fingerprint density at radius 1 is 0.690 bits per heavy atom. The summed E-state index contributed by atoms with van der Waals surface area (Å²) >= 11 is 0. The van der Waals surface area contributed by atoms with Crippen molar-refractivity contribution in [3.8, 4) is 5.75 Å². The van der Waals surface area contributed by atoms with Crippen molar-refractivity contribution >= 4 is 29.7 Å². The average Bonchev–Trinajstić information content (AvgIpc) is 2.95. The molecule has 0 saturated carbocycles. The molecule has 0 radical (unpaired) electrons. The number of phenols is 1. The lowest BCUT2D eigenvalue weighted by Gasteiger charge is -2.25. The van der Waals surface area contributed by atoms with Gasteiger partial charge in [-0.1, -0.05) is 42.5 Å². The molecule has 0 aliphatic heterocycles. The standard InChI is InChI=1S/C29H39N5O8/c30-15-5-4-8-22(32-26(38)21(31)16-19-9-11-20(35)12-10-19)27(39)34-24(17-18-6-2-1-3-7-18)28(40)33-23(29(41)42)13-14-25(36)37/h1-3,6-7,9-12,21-24,35H,4-5,8,13-17,30-31H2,(H,32,38)(H,33,40)(H,34,39)(H,36,37)(H,41,42). The summed E-state index contributed by atoms with van der Waals surface area (Å²) in [4.78, 5) is 62.2. The molecular formula is C29H39N5O8. The molecule has 0 saturated heterocycles. The van der Waals surface area contributed by atoms with Crippen LogP contribution in [0, 0.1) is 0 Å². The summed E-state index contributed by atoms with van der Waals surface area (Å²) in [7, 11) is 0. The first-order valence-corrected chi connectivity index (χ1v) is 13.6. The van der Waals surface area contributed by atoms with Crippen LogP contribution in [0.5, 0.6) is 5.75 Å². The zero-order valence-corrected chi connectivity index (χ0v) is 23.2. The Labute approximate surface area is 243 Å². The number of carbonyl (C=O) groups excluding carboxylic acids is 3. The van der Waals surface area contributed by atoms with Crippen molar-refractivity contribution in [2.75, 3.05) is 6.54 Å². The molecule has 0 fully saturated rings. The number of aromatic hydroxyl groups is 1. The summed E-state index contributed by atoms with van der Waals surface area (Å²) in [5.41, 5.74) is 13.1. The van der Waals surface area contributed by atoms with Gasteiger partial charge in [0.05, 0.1) is 6.04 Å². The first kappa shape index (κ1) is 33.7. The van der Waals surface area contributed by atoms with Gasteiger partial charge in [-0.25, -0.2) is 4.79 Å². The summed E-state index contributed by atoms with van der Waals surface area (Å²) in [5.74, 6) is -4.65. The molecule has 13 heteroatoms. The Morgan fingerprint density at radius 2 is 1.26 bits per heavy atom. The Bertz CT molecular complexity index is 1190. The highest BCUT2D eigenvalue weighted by Crippen LogP contribution is 2.12. The molecule has 4 unspecified atom stereocenters. The number of phenolic OH excluding ortho intramolecular Hbond substituents is 1.